The van der Waals surface area contributed by atoms with Gasteiger partial charge in [-0.3, -0.25) is 9.79 Å². The number of hydrogen-bond donors (Lipinski definition) is 5. The minimum Gasteiger partial charge on any atom is -0.496 e. The van der Waals surface area contributed by atoms with E-state index < -0.39 is 45.8 Å². The molecule has 2 aromatic carbocycles. The van der Waals surface area contributed by atoms with Crippen molar-refractivity contribution in [3.8, 4) is 5.75 Å². The van der Waals surface area contributed by atoms with Gasteiger partial charge in [-0.05, 0) is 94.8 Å². The van der Waals surface area contributed by atoms with Gasteiger partial charge in [-0.1, -0.05) is 28.1 Å². The van der Waals surface area contributed by atoms with E-state index in [0.717, 1.165) is 10.0 Å². The summed E-state index contributed by atoms with van der Waals surface area (Å²) in [7, 11) is -2.53. The van der Waals surface area contributed by atoms with Gasteiger partial charge < -0.3 is 30.9 Å². The van der Waals surface area contributed by atoms with Crippen molar-refractivity contribution in [1.82, 2.24) is 20.3 Å². The predicted molar refractivity (Wildman–Crippen MR) is 193 cm³/mol. The number of ether oxygens (including phenoxy) is 2. The maximum atomic E-state index is 13.7. The molecular formula is C33H45BrN6O7S2. The lowest BCUT2D eigenvalue weighted by molar-refractivity contribution is -0.124. The third kappa shape index (κ3) is 11.7. The molecule has 0 bridgehead atoms. The molecule has 0 saturated carbocycles. The molecule has 0 aliphatic heterocycles. The molecule has 1 unspecified atom stereocenters. The van der Waals surface area contributed by atoms with Crippen molar-refractivity contribution in [2.24, 2.45) is 10.7 Å². The van der Waals surface area contributed by atoms with E-state index in [1.807, 2.05) is 24.3 Å². The normalized spacial score (nSPS) is 14.0. The molecule has 3 aromatic rings. The largest absolute Gasteiger partial charge is 0.496 e. The van der Waals surface area contributed by atoms with Crippen molar-refractivity contribution in [2.45, 2.75) is 89.5 Å². The van der Waals surface area contributed by atoms with Crippen LogP contribution < -0.4 is 25.8 Å². The van der Waals surface area contributed by atoms with Gasteiger partial charge in [0.25, 0.3) is 10.0 Å². The molecule has 3 atom stereocenters. The molecular weight excluding hydrogens is 736 g/mol. The molecule has 3 rings (SSSR count). The number of nitrogens with two attached hydrogens (primary N) is 1. The molecule has 0 aliphatic rings. The number of sulfonamides is 1. The van der Waals surface area contributed by atoms with Crippen molar-refractivity contribution >= 4 is 55.2 Å². The standard InChI is InChI=1S/C33H45BrN6O7S2/c1-19-17-26(46-7)20(2)21(3)28(19)49(44,45)40-31(35)37-14-8-9-24(27(41)30-36-15-16-48-30)38-29(42)25(39-32(43)47-33(4,5)6)18-22-10-12-23(34)13-11-22/h10-13,15-17,24-25,27,41H,8-9,14,18H2,1-7H3,(H,38,42)(H,39,43)(H3,35,37,40)/t24-,25-,27?/m0/s1. The smallest absolute Gasteiger partial charge is 0.408 e. The highest BCUT2D eigenvalue weighted by molar-refractivity contribution is 9.10. The number of guanidine groups is 1. The Bertz CT molecular complexity index is 1730. The molecule has 16 heteroatoms. The fourth-order valence-electron chi connectivity index (χ4n) is 5.04. The van der Waals surface area contributed by atoms with Crippen LogP contribution in [0.15, 0.2) is 56.3 Å². The summed E-state index contributed by atoms with van der Waals surface area (Å²) < 4.78 is 40.4. The lowest BCUT2D eigenvalue weighted by atomic mass is 10.0. The van der Waals surface area contributed by atoms with Crippen molar-refractivity contribution in [1.29, 1.82) is 0 Å². The molecule has 268 valence electrons. The number of hydrogen-bond acceptors (Lipinski definition) is 10. The van der Waals surface area contributed by atoms with Gasteiger partial charge >= 0.3 is 6.09 Å². The fourth-order valence-corrected chi connectivity index (χ4v) is 7.47. The summed E-state index contributed by atoms with van der Waals surface area (Å²) in [5.74, 6) is -0.257. The van der Waals surface area contributed by atoms with Crippen molar-refractivity contribution < 1.29 is 32.6 Å². The second-order valence-corrected chi connectivity index (χ2v) is 15.9. The van der Waals surface area contributed by atoms with E-state index in [1.54, 1.807) is 59.2 Å². The Labute approximate surface area is 300 Å². The Kier molecular flexibility index (Phi) is 14.0. The van der Waals surface area contributed by atoms with Gasteiger partial charge in [0.1, 0.15) is 28.5 Å². The number of aryl methyl sites for hydroxylation is 1. The molecule has 0 aliphatic carbocycles. The van der Waals surface area contributed by atoms with E-state index in [2.05, 4.69) is 41.3 Å². The van der Waals surface area contributed by atoms with E-state index in [-0.39, 0.29) is 30.2 Å². The number of methoxy groups -OCH3 is 1. The van der Waals surface area contributed by atoms with E-state index in [4.69, 9.17) is 15.2 Å². The van der Waals surface area contributed by atoms with Crippen molar-refractivity contribution in [3.05, 3.63) is 73.6 Å². The zero-order chi connectivity index (χ0) is 36.5. The van der Waals surface area contributed by atoms with Gasteiger partial charge in [-0.15, -0.1) is 11.3 Å². The number of carbonyl (C=O) groups is 2. The van der Waals surface area contributed by atoms with Crippen LogP contribution in [0, 0.1) is 20.8 Å². The second kappa shape index (κ2) is 17.3. The number of benzene rings is 2. The van der Waals surface area contributed by atoms with Gasteiger partial charge in [0, 0.05) is 29.0 Å². The van der Waals surface area contributed by atoms with Crippen molar-refractivity contribution in [2.75, 3.05) is 13.7 Å². The van der Waals surface area contributed by atoms with Crippen LogP contribution in [-0.2, 0) is 26.0 Å². The van der Waals surface area contributed by atoms with E-state index in [1.165, 1.54) is 18.4 Å². The zero-order valence-corrected chi connectivity index (χ0v) is 31.9. The van der Waals surface area contributed by atoms with E-state index >= 15 is 0 Å². The molecule has 2 amide bonds. The van der Waals surface area contributed by atoms with Gasteiger partial charge in [-0.2, -0.15) is 0 Å². The summed E-state index contributed by atoms with van der Waals surface area (Å²) in [6.07, 6.45) is 0.321. The van der Waals surface area contributed by atoms with E-state index in [0.29, 0.717) is 33.9 Å². The van der Waals surface area contributed by atoms with Crippen LogP contribution in [0.3, 0.4) is 0 Å². The predicted octanol–water partition coefficient (Wildman–Crippen LogP) is 4.57. The average molecular weight is 782 g/mol. The average Bonchev–Trinajstić information content (AvgIpc) is 3.54. The Morgan fingerprint density at radius 2 is 1.80 bits per heavy atom. The van der Waals surface area contributed by atoms with Gasteiger partial charge in [0.15, 0.2) is 0 Å². The van der Waals surface area contributed by atoms with Crippen LogP contribution >= 0.6 is 27.3 Å². The highest BCUT2D eigenvalue weighted by atomic mass is 79.9. The molecule has 13 nitrogen and oxygen atoms in total. The Morgan fingerprint density at radius 3 is 2.39 bits per heavy atom. The SMILES string of the molecule is COc1cc(C)c(S(=O)(=O)NC(N)=NCCC[C@H](NC(=O)[C@H](Cc2ccc(Br)cc2)NC(=O)OC(C)(C)C)C(O)c2nccs2)c(C)c1C. The molecule has 0 saturated heterocycles. The topological polar surface area (TPSA) is 194 Å². The zero-order valence-electron chi connectivity index (χ0n) is 28.7. The molecule has 1 aromatic heterocycles. The summed E-state index contributed by atoms with van der Waals surface area (Å²) in [6, 6.07) is 7.12. The van der Waals surface area contributed by atoms with E-state index in [9.17, 15) is 23.1 Å². The van der Waals surface area contributed by atoms with Crippen LogP contribution in [0.25, 0.3) is 0 Å². The molecule has 1 heterocycles. The number of aromatic nitrogens is 1. The fraction of sp³-hybridized carbons (Fsp3) is 0.455. The number of nitrogens with one attached hydrogen (secondary N) is 3. The number of alkyl carbamates (subject to hydrolysis) is 1. The summed E-state index contributed by atoms with van der Waals surface area (Å²) in [5.41, 5.74) is 7.72. The summed E-state index contributed by atoms with van der Waals surface area (Å²) in [5, 5.41) is 18.9. The molecule has 49 heavy (non-hydrogen) atoms. The minimum atomic E-state index is -4.05. The van der Waals surface area contributed by atoms with Gasteiger partial charge in [0.2, 0.25) is 11.9 Å². The molecule has 0 fully saturated rings. The first-order chi connectivity index (χ1) is 22.9. The third-order valence-electron chi connectivity index (χ3n) is 7.44. The first-order valence-electron chi connectivity index (χ1n) is 15.5. The van der Waals surface area contributed by atoms with Crippen LogP contribution in [0.2, 0.25) is 0 Å². The summed E-state index contributed by atoms with van der Waals surface area (Å²) >= 11 is 4.63. The highest BCUT2D eigenvalue weighted by Gasteiger charge is 2.30. The maximum Gasteiger partial charge on any atom is 0.408 e. The lowest BCUT2D eigenvalue weighted by Gasteiger charge is -2.27. The van der Waals surface area contributed by atoms with Crippen LogP contribution in [0.4, 0.5) is 4.79 Å². The highest BCUT2D eigenvalue weighted by Crippen LogP contribution is 2.30. The van der Waals surface area contributed by atoms with Crippen LogP contribution in [-0.4, -0.2) is 67.8 Å². The number of aliphatic hydroxyl groups excluding tert-OH is 1. The number of carbonyl (C=O) groups excluding carboxylic acids is 2. The Hall–Kier alpha value is -3.73. The molecule has 0 radical (unpaired) electrons. The Balaban J connectivity index is 1.75. The second-order valence-electron chi connectivity index (χ2n) is 12.4. The molecule has 6 N–H and O–H groups in total. The number of nitrogens with zero attached hydrogens (tertiary/aromatic N) is 2. The van der Waals surface area contributed by atoms with Crippen LogP contribution in [0.5, 0.6) is 5.75 Å². The number of halogens is 1. The number of thiazole rings is 1. The number of aliphatic hydroxyl groups is 1. The Morgan fingerprint density at radius 1 is 1.12 bits per heavy atom. The van der Waals surface area contributed by atoms with Gasteiger partial charge in [-0.25, -0.2) is 22.9 Å². The third-order valence-corrected chi connectivity index (χ3v) is 10.5. The number of aliphatic imine (C=N–C) groups is 1. The lowest BCUT2D eigenvalue weighted by Crippen LogP contribution is -2.52. The van der Waals surface area contributed by atoms with Crippen molar-refractivity contribution in [3.63, 3.8) is 0 Å². The monoisotopic (exact) mass is 780 g/mol. The first-order valence-corrected chi connectivity index (χ1v) is 18.7. The van der Waals surface area contributed by atoms with Crippen LogP contribution in [0.1, 0.15) is 67.0 Å². The first kappa shape index (κ1) is 39.7. The summed E-state index contributed by atoms with van der Waals surface area (Å²) in [6.45, 7) is 10.4. The summed E-state index contributed by atoms with van der Waals surface area (Å²) in [4.78, 5) is 34.9. The number of rotatable bonds is 14. The van der Waals surface area contributed by atoms with Gasteiger partial charge in [0.05, 0.1) is 18.0 Å². The molecule has 0 spiro atoms. The quantitative estimate of drug-likeness (QED) is 0.0886. The number of amides is 2. The minimum absolute atomic E-state index is 0.0867. The maximum absolute atomic E-state index is 13.7.